The number of hydrogen-bond acceptors (Lipinski definition) is 9. The predicted molar refractivity (Wildman–Crippen MR) is 123 cm³/mol. The highest BCUT2D eigenvalue weighted by Crippen LogP contribution is 2.49. The van der Waals surface area contributed by atoms with Crippen molar-refractivity contribution < 1.29 is 19.0 Å². The first-order valence-corrected chi connectivity index (χ1v) is 11.7. The Morgan fingerprint density at radius 3 is 2.82 bits per heavy atom. The Balaban J connectivity index is 1.37. The van der Waals surface area contributed by atoms with Gasteiger partial charge in [0.05, 0.1) is 25.5 Å². The number of anilines is 1. The van der Waals surface area contributed by atoms with Gasteiger partial charge in [0.2, 0.25) is 5.13 Å². The molecule has 1 aliphatic heterocycles. The van der Waals surface area contributed by atoms with Crippen molar-refractivity contribution in [2.45, 2.75) is 31.8 Å². The maximum absolute atomic E-state index is 13.2. The number of ether oxygens (including phenoxy) is 3. The molecular formula is C22H22ClN5O4S. The van der Waals surface area contributed by atoms with Gasteiger partial charge in [0, 0.05) is 35.5 Å². The van der Waals surface area contributed by atoms with Crippen LogP contribution in [-0.2, 0) is 4.74 Å². The maximum Gasteiger partial charge on any atom is 0.296 e. The van der Waals surface area contributed by atoms with Crippen molar-refractivity contribution >= 4 is 34.0 Å². The lowest BCUT2D eigenvalue weighted by Gasteiger charge is -2.20. The van der Waals surface area contributed by atoms with Crippen LogP contribution < -0.4 is 14.8 Å². The molecule has 33 heavy (non-hydrogen) atoms. The van der Waals surface area contributed by atoms with Gasteiger partial charge in [-0.15, -0.1) is 5.10 Å². The van der Waals surface area contributed by atoms with E-state index in [1.807, 2.05) is 6.92 Å². The van der Waals surface area contributed by atoms with Crippen molar-refractivity contribution in [3.63, 3.8) is 0 Å². The molecule has 11 heteroatoms. The van der Waals surface area contributed by atoms with Gasteiger partial charge in [0.1, 0.15) is 16.5 Å². The summed E-state index contributed by atoms with van der Waals surface area (Å²) in [6, 6.07) is 3.46. The quantitative estimate of drug-likeness (QED) is 0.495. The molecule has 1 amide bonds. The van der Waals surface area contributed by atoms with Gasteiger partial charge < -0.3 is 14.2 Å². The second kappa shape index (κ2) is 8.85. The standard InChI is InChI=1S/C22H22ClN5O4S/c1-12-7-14(15-8-18(23)25-10-17(15)30-2)16(9-24-12)19(29)26-20-27-28-21(33-20)32-22(4-5-22)13-3-6-31-11-13/h7-10,13H,3-6,11H2,1-2H3,(H,26,27,29)/t13-/m0/s1. The van der Waals surface area contributed by atoms with Crippen LogP contribution in [0.25, 0.3) is 11.1 Å². The molecule has 2 fully saturated rings. The van der Waals surface area contributed by atoms with Gasteiger partial charge in [-0.2, -0.15) is 0 Å². The largest absolute Gasteiger partial charge is 0.494 e. The molecule has 4 heterocycles. The molecule has 1 saturated carbocycles. The van der Waals surface area contributed by atoms with E-state index in [0.29, 0.717) is 50.4 Å². The van der Waals surface area contributed by atoms with E-state index in [1.54, 1.807) is 12.1 Å². The summed E-state index contributed by atoms with van der Waals surface area (Å²) < 4.78 is 17.1. The van der Waals surface area contributed by atoms with Gasteiger partial charge >= 0.3 is 0 Å². The molecule has 9 nitrogen and oxygen atoms in total. The maximum atomic E-state index is 13.2. The fourth-order valence-electron chi connectivity index (χ4n) is 4.06. The second-order valence-corrected chi connectivity index (χ2v) is 9.46. The topological polar surface area (TPSA) is 108 Å². The summed E-state index contributed by atoms with van der Waals surface area (Å²) in [7, 11) is 1.54. The van der Waals surface area contributed by atoms with Crippen molar-refractivity contribution in [3.05, 3.63) is 40.9 Å². The first kappa shape index (κ1) is 22.0. The zero-order valence-corrected chi connectivity index (χ0v) is 19.7. The molecule has 5 rings (SSSR count). The summed E-state index contributed by atoms with van der Waals surface area (Å²) in [4.78, 5) is 21.5. The molecule has 1 aliphatic carbocycles. The highest BCUT2D eigenvalue weighted by molar-refractivity contribution is 7.17. The van der Waals surface area contributed by atoms with Crippen molar-refractivity contribution in [3.8, 4) is 22.1 Å². The Morgan fingerprint density at radius 2 is 2.09 bits per heavy atom. The highest BCUT2D eigenvalue weighted by atomic mass is 35.5. The Labute approximate surface area is 199 Å². The van der Waals surface area contributed by atoms with Crippen LogP contribution >= 0.6 is 22.9 Å². The van der Waals surface area contributed by atoms with Crippen LogP contribution in [0.3, 0.4) is 0 Å². The summed E-state index contributed by atoms with van der Waals surface area (Å²) in [5.41, 5.74) is 2.15. The monoisotopic (exact) mass is 487 g/mol. The molecule has 172 valence electrons. The molecule has 0 unspecified atom stereocenters. The molecule has 0 aromatic carbocycles. The number of carbonyl (C=O) groups excluding carboxylic acids is 1. The fourth-order valence-corrected chi connectivity index (χ4v) is 4.90. The zero-order chi connectivity index (χ0) is 23.0. The smallest absolute Gasteiger partial charge is 0.296 e. The Morgan fingerprint density at radius 1 is 1.24 bits per heavy atom. The van der Waals surface area contributed by atoms with E-state index in [4.69, 9.17) is 25.8 Å². The number of amides is 1. The third kappa shape index (κ3) is 4.50. The number of aromatic nitrogens is 4. The summed E-state index contributed by atoms with van der Waals surface area (Å²) in [6.45, 7) is 3.33. The highest BCUT2D eigenvalue weighted by Gasteiger charge is 2.53. The molecule has 1 N–H and O–H groups in total. The van der Waals surface area contributed by atoms with Crippen molar-refractivity contribution in [2.24, 2.45) is 5.92 Å². The van der Waals surface area contributed by atoms with Gasteiger partial charge in [-0.05, 0) is 49.7 Å². The molecular weight excluding hydrogens is 466 g/mol. The van der Waals surface area contributed by atoms with Crippen LogP contribution in [0.15, 0.2) is 24.5 Å². The number of aryl methyl sites for hydroxylation is 1. The summed E-state index contributed by atoms with van der Waals surface area (Å²) in [5, 5.41) is 12.1. The second-order valence-electron chi connectivity index (χ2n) is 8.13. The van der Waals surface area contributed by atoms with Crippen LogP contribution in [0.5, 0.6) is 10.9 Å². The Kier molecular flexibility index (Phi) is 5.90. The Hall–Kier alpha value is -2.82. The SMILES string of the molecule is COc1cnc(Cl)cc1-c1cc(C)ncc1C(=O)Nc1nnc(OC2([C@H]3CCOC3)CC2)s1. The van der Waals surface area contributed by atoms with Gasteiger partial charge in [-0.25, -0.2) is 4.98 Å². The average Bonchev–Trinajstić information content (AvgIpc) is 3.18. The number of methoxy groups -OCH3 is 1. The van der Waals surface area contributed by atoms with Crippen LogP contribution in [0, 0.1) is 12.8 Å². The summed E-state index contributed by atoms with van der Waals surface area (Å²) in [5.74, 6) is 0.500. The number of rotatable bonds is 7. The van der Waals surface area contributed by atoms with Crippen LogP contribution in [0.2, 0.25) is 5.15 Å². The lowest BCUT2D eigenvalue weighted by molar-refractivity contribution is 0.0905. The fraction of sp³-hybridized carbons (Fsp3) is 0.409. The number of carbonyl (C=O) groups is 1. The third-order valence-corrected chi connectivity index (χ3v) is 6.89. The molecule has 1 saturated heterocycles. The van der Waals surface area contributed by atoms with Crippen molar-refractivity contribution in [2.75, 3.05) is 25.6 Å². The van der Waals surface area contributed by atoms with E-state index in [2.05, 4.69) is 25.5 Å². The molecule has 2 aliphatic rings. The van der Waals surface area contributed by atoms with Crippen LogP contribution in [-0.4, -0.2) is 52.0 Å². The van der Waals surface area contributed by atoms with E-state index < -0.39 is 0 Å². The van der Waals surface area contributed by atoms with E-state index in [9.17, 15) is 4.79 Å². The molecule has 3 aromatic rings. The molecule has 0 spiro atoms. The number of nitrogens with zero attached hydrogens (tertiary/aromatic N) is 4. The van der Waals surface area contributed by atoms with Gasteiger partial charge in [0.15, 0.2) is 0 Å². The number of halogens is 1. The third-order valence-electron chi connectivity index (χ3n) is 5.96. The number of pyridine rings is 2. The lowest BCUT2D eigenvalue weighted by atomic mass is 10.00. The van der Waals surface area contributed by atoms with Crippen molar-refractivity contribution in [1.29, 1.82) is 0 Å². The minimum Gasteiger partial charge on any atom is -0.494 e. The minimum absolute atomic E-state index is 0.206. The Bertz CT molecular complexity index is 1190. The van der Waals surface area contributed by atoms with Crippen LogP contribution in [0.1, 0.15) is 35.3 Å². The van der Waals surface area contributed by atoms with Crippen molar-refractivity contribution in [1.82, 2.24) is 20.2 Å². The number of nitrogens with one attached hydrogen (secondary N) is 1. The van der Waals surface area contributed by atoms with E-state index >= 15 is 0 Å². The number of hydrogen-bond donors (Lipinski definition) is 1. The molecule has 1 atom stereocenters. The first-order valence-electron chi connectivity index (χ1n) is 10.6. The minimum atomic E-state index is -0.375. The first-order chi connectivity index (χ1) is 16.0. The summed E-state index contributed by atoms with van der Waals surface area (Å²) >= 11 is 7.31. The zero-order valence-electron chi connectivity index (χ0n) is 18.1. The molecule has 0 radical (unpaired) electrons. The van der Waals surface area contributed by atoms with E-state index in [1.165, 1.54) is 30.8 Å². The van der Waals surface area contributed by atoms with Gasteiger partial charge in [0.25, 0.3) is 11.1 Å². The predicted octanol–water partition coefficient (Wildman–Crippen LogP) is 4.17. The van der Waals surface area contributed by atoms with E-state index in [-0.39, 0.29) is 11.5 Å². The average molecular weight is 488 g/mol. The molecule has 3 aromatic heterocycles. The van der Waals surface area contributed by atoms with Crippen LogP contribution in [0.4, 0.5) is 5.13 Å². The molecule has 0 bridgehead atoms. The van der Waals surface area contributed by atoms with Gasteiger partial charge in [-0.3, -0.25) is 15.1 Å². The van der Waals surface area contributed by atoms with Gasteiger partial charge in [-0.1, -0.05) is 16.7 Å². The normalized spacial score (nSPS) is 18.7. The van der Waals surface area contributed by atoms with E-state index in [0.717, 1.165) is 31.6 Å². The summed E-state index contributed by atoms with van der Waals surface area (Å²) in [6.07, 6.45) is 6.00. The lowest BCUT2D eigenvalue weighted by Crippen LogP contribution is -2.29.